The number of carboxylic acids is 1. The minimum absolute atomic E-state index is 0.467. The van der Waals surface area contributed by atoms with Crippen molar-refractivity contribution in [3.8, 4) is 0 Å². The van der Waals surface area contributed by atoms with E-state index in [0.29, 0.717) is 5.92 Å². The molecule has 0 bridgehead atoms. The largest absolute Gasteiger partial charge is 0.480 e. The highest BCUT2D eigenvalue weighted by Crippen LogP contribution is 2.24. The molecule has 0 spiro atoms. The van der Waals surface area contributed by atoms with E-state index >= 15 is 0 Å². The molecule has 0 aliphatic rings. The molecule has 0 aromatic heterocycles. The average Bonchev–Trinajstić information content (AvgIpc) is 2.39. The summed E-state index contributed by atoms with van der Waals surface area (Å²) in [5.74, 6) is -0.293. The van der Waals surface area contributed by atoms with Crippen molar-refractivity contribution < 1.29 is 9.90 Å². The second kappa shape index (κ2) is 8.05. The molecule has 0 saturated carbocycles. The summed E-state index contributed by atoms with van der Waals surface area (Å²) in [7, 11) is 0. The molecular formula is C17H27NO2. The Balaban J connectivity index is 3.02. The number of hydrogen-bond donors (Lipinski definition) is 1. The normalized spacial score (nSPS) is 12.9. The van der Waals surface area contributed by atoms with Gasteiger partial charge in [-0.1, -0.05) is 52.0 Å². The molecule has 112 valence electrons. The summed E-state index contributed by atoms with van der Waals surface area (Å²) in [6.45, 7) is 10.1. The lowest BCUT2D eigenvalue weighted by molar-refractivity contribution is -0.143. The number of nitrogens with zero attached hydrogens (tertiary/aromatic N) is 1. The van der Waals surface area contributed by atoms with Gasteiger partial charge in [-0.05, 0) is 43.0 Å². The van der Waals surface area contributed by atoms with Crippen molar-refractivity contribution in [2.75, 3.05) is 13.1 Å². The maximum atomic E-state index is 11.7. The van der Waals surface area contributed by atoms with E-state index in [-0.39, 0.29) is 0 Å². The van der Waals surface area contributed by atoms with Crippen molar-refractivity contribution in [2.24, 2.45) is 0 Å². The van der Waals surface area contributed by atoms with Gasteiger partial charge in [0, 0.05) is 0 Å². The monoisotopic (exact) mass is 277 g/mol. The highest BCUT2D eigenvalue weighted by atomic mass is 16.4. The van der Waals surface area contributed by atoms with Crippen LogP contribution < -0.4 is 0 Å². The zero-order chi connectivity index (χ0) is 15.1. The van der Waals surface area contributed by atoms with Crippen molar-refractivity contribution in [2.45, 2.75) is 52.5 Å². The Hall–Kier alpha value is -1.35. The number of hydrogen-bond acceptors (Lipinski definition) is 2. The van der Waals surface area contributed by atoms with Gasteiger partial charge >= 0.3 is 5.97 Å². The summed E-state index contributed by atoms with van der Waals surface area (Å²) >= 11 is 0. The zero-order valence-corrected chi connectivity index (χ0v) is 13.1. The minimum Gasteiger partial charge on any atom is -0.480 e. The highest BCUT2D eigenvalue weighted by molar-refractivity contribution is 5.75. The van der Waals surface area contributed by atoms with Crippen molar-refractivity contribution in [3.05, 3.63) is 35.4 Å². The third kappa shape index (κ3) is 4.34. The van der Waals surface area contributed by atoms with Crippen LogP contribution in [-0.2, 0) is 4.79 Å². The summed E-state index contributed by atoms with van der Waals surface area (Å²) < 4.78 is 0. The van der Waals surface area contributed by atoms with Crippen molar-refractivity contribution in [3.63, 3.8) is 0 Å². The molecule has 0 fully saturated rings. The molecule has 0 aliphatic carbocycles. The van der Waals surface area contributed by atoms with Gasteiger partial charge < -0.3 is 5.11 Å². The molecule has 1 atom stereocenters. The lowest BCUT2D eigenvalue weighted by Crippen LogP contribution is -2.35. The van der Waals surface area contributed by atoms with Gasteiger partial charge in [-0.2, -0.15) is 0 Å². The molecule has 20 heavy (non-hydrogen) atoms. The van der Waals surface area contributed by atoms with Crippen LogP contribution in [0.3, 0.4) is 0 Å². The Morgan fingerprint density at radius 2 is 1.50 bits per heavy atom. The van der Waals surface area contributed by atoms with Crippen molar-refractivity contribution in [1.82, 2.24) is 4.90 Å². The van der Waals surface area contributed by atoms with E-state index in [4.69, 9.17) is 0 Å². The number of aliphatic carboxylic acids is 1. The zero-order valence-electron chi connectivity index (χ0n) is 13.1. The Morgan fingerprint density at radius 3 is 1.85 bits per heavy atom. The van der Waals surface area contributed by atoms with Gasteiger partial charge in [0.1, 0.15) is 6.04 Å². The van der Waals surface area contributed by atoms with Gasteiger partial charge in [-0.15, -0.1) is 0 Å². The molecular weight excluding hydrogens is 250 g/mol. The predicted molar refractivity (Wildman–Crippen MR) is 83.1 cm³/mol. The van der Waals surface area contributed by atoms with Crippen molar-refractivity contribution >= 4 is 5.97 Å². The summed E-state index contributed by atoms with van der Waals surface area (Å²) in [5.41, 5.74) is 2.12. The SMILES string of the molecule is CCCN(CCC)C(C(=O)O)c1ccc(C(C)C)cc1. The van der Waals surface area contributed by atoms with E-state index in [9.17, 15) is 9.90 Å². The Labute approximate surface area is 122 Å². The lowest BCUT2D eigenvalue weighted by atomic mass is 9.98. The summed E-state index contributed by atoms with van der Waals surface area (Å²) in [6.07, 6.45) is 1.93. The second-order valence-electron chi connectivity index (χ2n) is 5.60. The van der Waals surface area contributed by atoms with Crippen LogP contribution in [0.25, 0.3) is 0 Å². The highest BCUT2D eigenvalue weighted by Gasteiger charge is 2.26. The fourth-order valence-corrected chi connectivity index (χ4v) is 2.52. The lowest BCUT2D eigenvalue weighted by Gasteiger charge is -2.28. The van der Waals surface area contributed by atoms with Gasteiger partial charge in [0.25, 0.3) is 0 Å². The molecule has 0 saturated heterocycles. The van der Waals surface area contributed by atoms with Crippen LogP contribution in [0.15, 0.2) is 24.3 Å². The first-order valence-corrected chi connectivity index (χ1v) is 7.57. The molecule has 3 heteroatoms. The van der Waals surface area contributed by atoms with Gasteiger partial charge in [0.2, 0.25) is 0 Å². The molecule has 1 aromatic rings. The molecule has 3 nitrogen and oxygen atoms in total. The van der Waals surface area contributed by atoms with E-state index in [2.05, 4.69) is 32.6 Å². The third-order valence-electron chi connectivity index (χ3n) is 3.54. The second-order valence-corrected chi connectivity index (χ2v) is 5.60. The van der Waals surface area contributed by atoms with E-state index in [1.54, 1.807) is 0 Å². The van der Waals surface area contributed by atoms with E-state index < -0.39 is 12.0 Å². The van der Waals surface area contributed by atoms with Crippen LogP contribution in [0.5, 0.6) is 0 Å². The van der Waals surface area contributed by atoms with Crippen LogP contribution in [0.1, 0.15) is 63.6 Å². The van der Waals surface area contributed by atoms with Gasteiger partial charge in [-0.3, -0.25) is 9.69 Å². The number of carbonyl (C=O) groups is 1. The van der Waals surface area contributed by atoms with E-state index in [1.807, 2.05) is 24.3 Å². The fraction of sp³-hybridized carbons (Fsp3) is 0.588. The molecule has 0 amide bonds. The van der Waals surface area contributed by atoms with Gasteiger partial charge in [0.05, 0.1) is 0 Å². The van der Waals surface area contributed by atoms with Crippen LogP contribution in [0.2, 0.25) is 0 Å². The van der Waals surface area contributed by atoms with Crippen LogP contribution in [0.4, 0.5) is 0 Å². The van der Waals surface area contributed by atoms with E-state index in [1.165, 1.54) is 5.56 Å². The van der Waals surface area contributed by atoms with Crippen LogP contribution in [0, 0.1) is 0 Å². The molecule has 1 N–H and O–H groups in total. The van der Waals surface area contributed by atoms with Crippen LogP contribution >= 0.6 is 0 Å². The number of rotatable bonds is 8. The number of carboxylic acid groups (broad SMARTS) is 1. The topological polar surface area (TPSA) is 40.5 Å². The summed E-state index contributed by atoms with van der Waals surface area (Å²) in [5, 5.41) is 9.59. The standard InChI is InChI=1S/C17H27NO2/c1-5-11-18(12-6-2)16(17(19)20)15-9-7-14(8-10-15)13(3)4/h7-10,13,16H,5-6,11-12H2,1-4H3,(H,19,20). The quantitative estimate of drug-likeness (QED) is 0.779. The predicted octanol–water partition coefficient (Wildman–Crippen LogP) is 4.06. The first-order valence-electron chi connectivity index (χ1n) is 7.57. The summed E-state index contributed by atoms with van der Waals surface area (Å²) in [4.78, 5) is 13.7. The molecule has 0 heterocycles. The molecule has 0 aliphatic heterocycles. The third-order valence-corrected chi connectivity index (χ3v) is 3.54. The molecule has 1 aromatic carbocycles. The first-order chi connectivity index (χ1) is 9.51. The molecule has 1 rings (SSSR count). The summed E-state index contributed by atoms with van der Waals surface area (Å²) in [6, 6.07) is 7.49. The average molecular weight is 277 g/mol. The maximum absolute atomic E-state index is 11.7. The van der Waals surface area contributed by atoms with Gasteiger partial charge in [0.15, 0.2) is 0 Å². The Morgan fingerprint density at radius 1 is 1.05 bits per heavy atom. The Bertz CT molecular complexity index is 406. The fourth-order valence-electron chi connectivity index (χ4n) is 2.52. The van der Waals surface area contributed by atoms with Crippen LogP contribution in [-0.4, -0.2) is 29.1 Å². The van der Waals surface area contributed by atoms with Gasteiger partial charge in [-0.25, -0.2) is 0 Å². The van der Waals surface area contributed by atoms with Crippen molar-refractivity contribution in [1.29, 1.82) is 0 Å². The maximum Gasteiger partial charge on any atom is 0.325 e. The smallest absolute Gasteiger partial charge is 0.325 e. The Kier molecular flexibility index (Phi) is 6.73. The number of benzene rings is 1. The minimum atomic E-state index is -0.760. The van der Waals surface area contributed by atoms with E-state index in [0.717, 1.165) is 31.5 Å². The molecule has 0 radical (unpaired) electrons. The molecule has 1 unspecified atom stereocenters. The first kappa shape index (κ1) is 16.7.